The van der Waals surface area contributed by atoms with Crippen molar-refractivity contribution in [3.63, 3.8) is 0 Å². The SMILES string of the molecule is O=C(O[C@@H](C(=O)c1ccccc1)c1ccccc1)c1cc2ccccc2oc1=O. The molecule has 0 N–H and O–H groups in total. The topological polar surface area (TPSA) is 73.6 Å². The molecule has 4 rings (SSSR count). The summed E-state index contributed by atoms with van der Waals surface area (Å²) in [5.74, 6) is -1.29. The average molecular weight is 384 g/mol. The Kier molecular flexibility index (Phi) is 5.03. The maximum Gasteiger partial charge on any atom is 0.351 e. The molecule has 0 spiro atoms. The molecule has 0 aliphatic rings. The van der Waals surface area contributed by atoms with Gasteiger partial charge in [-0.25, -0.2) is 9.59 Å². The van der Waals surface area contributed by atoms with E-state index in [9.17, 15) is 14.4 Å². The van der Waals surface area contributed by atoms with Crippen LogP contribution in [-0.4, -0.2) is 11.8 Å². The maximum absolute atomic E-state index is 13.0. The molecule has 0 fully saturated rings. The number of rotatable bonds is 5. The van der Waals surface area contributed by atoms with Gasteiger partial charge >= 0.3 is 11.6 Å². The van der Waals surface area contributed by atoms with E-state index in [4.69, 9.17) is 9.15 Å². The second kappa shape index (κ2) is 7.94. The summed E-state index contributed by atoms with van der Waals surface area (Å²) in [7, 11) is 0. The number of hydrogen-bond donors (Lipinski definition) is 0. The molecule has 0 aliphatic heterocycles. The van der Waals surface area contributed by atoms with Crippen molar-refractivity contribution in [1.82, 2.24) is 0 Å². The lowest BCUT2D eigenvalue weighted by Gasteiger charge is -2.17. The van der Waals surface area contributed by atoms with E-state index in [1.807, 2.05) is 0 Å². The first-order valence-corrected chi connectivity index (χ1v) is 9.01. The van der Waals surface area contributed by atoms with Gasteiger partial charge in [-0.1, -0.05) is 78.9 Å². The summed E-state index contributed by atoms with van der Waals surface area (Å²) in [6.07, 6.45) is -1.18. The Morgan fingerprint density at radius 1 is 0.793 bits per heavy atom. The van der Waals surface area contributed by atoms with Crippen molar-refractivity contribution >= 4 is 22.7 Å². The highest BCUT2D eigenvalue weighted by molar-refractivity contribution is 6.02. The summed E-state index contributed by atoms with van der Waals surface area (Å²) in [5, 5.41) is 0.588. The van der Waals surface area contributed by atoms with Crippen molar-refractivity contribution in [2.45, 2.75) is 6.10 Å². The molecule has 0 saturated carbocycles. The quantitative estimate of drug-likeness (QED) is 0.286. The molecule has 142 valence electrons. The van der Waals surface area contributed by atoms with Crippen LogP contribution in [0.25, 0.3) is 11.0 Å². The van der Waals surface area contributed by atoms with Crippen LogP contribution in [0, 0.1) is 0 Å². The molecule has 1 heterocycles. The number of Topliss-reactive ketones (excluding diaryl/α,β-unsaturated/α-hetero) is 1. The predicted molar refractivity (Wildman–Crippen MR) is 108 cm³/mol. The number of esters is 1. The van der Waals surface area contributed by atoms with Gasteiger partial charge in [-0.15, -0.1) is 0 Å². The number of fused-ring (bicyclic) bond motifs is 1. The van der Waals surface area contributed by atoms with Gasteiger partial charge in [-0.3, -0.25) is 4.79 Å². The van der Waals surface area contributed by atoms with E-state index in [0.29, 0.717) is 22.1 Å². The number of hydrogen-bond acceptors (Lipinski definition) is 5. The molecule has 29 heavy (non-hydrogen) atoms. The minimum Gasteiger partial charge on any atom is -0.445 e. The molecule has 5 heteroatoms. The fourth-order valence-corrected chi connectivity index (χ4v) is 3.03. The summed E-state index contributed by atoms with van der Waals surface area (Å²) in [5.41, 5.74) is 0.215. The second-order valence-corrected chi connectivity index (χ2v) is 6.41. The lowest BCUT2D eigenvalue weighted by molar-refractivity contribution is 0.0276. The highest BCUT2D eigenvalue weighted by Crippen LogP contribution is 2.24. The monoisotopic (exact) mass is 384 g/mol. The molecule has 3 aromatic carbocycles. The molecule has 0 bridgehead atoms. The number of ketones is 1. The van der Waals surface area contributed by atoms with Crippen LogP contribution in [-0.2, 0) is 4.74 Å². The number of ether oxygens (including phenoxy) is 1. The summed E-state index contributed by atoms with van der Waals surface area (Å²) in [4.78, 5) is 38.1. The molecule has 4 aromatic rings. The van der Waals surface area contributed by atoms with Crippen LogP contribution in [0.5, 0.6) is 0 Å². The fraction of sp³-hybridized carbons (Fsp3) is 0.0417. The van der Waals surface area contributed by atoms with Gasteiger partial charge in [-0.05, 0) is 12.1 Å². The van der Waals surface area contributed by atoms with Crippen LogP contribution >= 0.6 is 0 Å². The summed E-state index contributed by atoms with van der Waals surface area (Å²) < 4.78 is 10.7. The van der Waals surface area contributed by atoms with E-state index in [1.54, 1.807) is 84.9 Å². The zero-order chi connectivity index (χ0) is 20.2. The summed E-state index contributed by atoms with van der Waals surface area (Å²) in [6.45, 7) is 0. The number of carbonyl (C=O) groups excluding carboxylic acids is 2. The lowest BCUT2D eigenvalue weighted by atomic mass is 10.00. The van der Waals surface area contributed by atoms with Crippen LogP contribution in [0.1, 0.15) is 32.4 Å². The molecule has 5 nitrogen and oxygen atoms in total. The van der Waals surface area contributed by atoms with Crippen LogP contribution in [0.4, 0.5) is 0 Å². The largest absolute Gasteiger partial charge is 0.445 e. The molecule has 0 aliphatic carbocycles. The zero-order valence-corrected chi connectivity index (χ0v) is 15.3. The van der Waals surface area contributed by atoms with Crippen LogP contribution in [0.3, 0.4) is 0 Å². The standard InChI is InChI=1S/C24H16O5/c25-21(16-9-3-1-4-10-16)22(17-11-5-2-6-12-17)29-24(27)19-15-18-13-7-8-14-20(18)28-23(19)26/h1-15,22H/t22-/m1/s1. The van der Waals surface area contributed by atoms with E-state index < -0.39 is 17.7 Å². The smallest absolute Gasteiger partial charge is 0.351 e. The van der Waals surface area contributed by atoms with Gasteiger partial charge in [0.2, 0.25) is 5.78 Å². The molecule has 0 amide bonds. The molecular formula is C24H16O5. The first-order valence-electron chi connectivity index (χ1n) is 9.01. The van der Waals surface area contributed by atoms with Gasteiger partial charge < -0.3 is 9.15 Å². The van der Waals surface area contributed by atoms with E-state index in [1.165, 1.54) is 6.07 Å². The molecule has 0 saturated heterocycles. The molecular weight excluding hydrogens is 368 g/mol. The summed E-state index contributed by atoms with van der Waals surface area (Å²) >= 11 is 0. The van der Waals surface area contributed by atoms with Crippen LogP contribution < -0.4 is 5.63 Å². The van der Waals surface area contributed by atoms with Crippen molar-refractivity contribution in [3.05, 3.63) is 118 Å². The summed E-state index contributed by atoms with van der Waals surface area (Å²) in [6, 6.07) is 25.5. The molecule has 0 unspecified atom stereocenters. The number of benzene rings is 3. The van der Waals surface area contributed by atoms with Gasteiger partial charge in [0.1, 0.15) is 11.1 Å². The van der Waals surface area contributed by atoms with Gasteiger partial charge in [0, 0.05) is 16.5 Å². The van der Waals surface area contributed by atoms with Crippen LogP contribution in [0.15, 0.2) is 100 Å². The van der Waals surface area contributed by atoms with Crippen molar-refractivity contribution in [1.29, 1.82) is 0 Å². The molecule has 0 radical (unpaired) electrons. The van der Waals surface area contributed by atoms with E-state index in [-0.39, 0.29) is 11.3 Å². The Balaban J connectivity index is 1.71. The second-order valence-electron chi connectivity index (χ2n) is 6.41. The lowest BCUT2D eigenvalue weighted by Crippen LogP contribution is -2.23. The highest BCUT2D eigenvalue weighted by Gasteiger charge is 2.28. The third-order valence-electron chi connectivity index (χ3n) is 4.48. The Hall–Kier alpha value is -3.99. The van der Waals surface area contributed by atoms with E-state index >= 15 is 0 Å². The van der Waals surface area contributed by atoms with Crippen molar-refractivity contribution in [2.75, 3.05) is 0 Å². The van der Waals surface area contributed by atoms with Gasteiger partial charge in [0.05, 0.1) is 0 Å². The average Bonchev–Trinajstić information content (AvgIpc) is 2.77. The first kappa shape index (κ1) is 18.4. The van der Waals surface area contributed by atoms with Crippen LogP contribution in [0.2, 0.25) is 0 Å². The van der Waals surface area contributed by atoms with Gasteiger partial charge in [0.25, 0.3) is 0 Å². The third kappa shape index (κ3) is 3.84. The minimum absolute atomic E-state index is 0.259. The fourth-order valence-electron chi connectivity index (χ4n) is 3.03. The third-order valence-corrected chi connectivity index (χ3v) is 4.48. The molecule has 1 atom stereocenters. The van der Waals surface area contributed by atoms with Crippen molar-refractivity contribution in [3.8, 4) is 0 Å². The highest BCUT2D eigenvalue weighted by atomic mass is 16.5. The Bertz CT molecular complexity index is 1230. The van der Waals surface area contributed by atoms with Gasteiger partial charge in [0.15, 0.2) is 6.10 Å². The Labute approximate surface area is 166 Å². The Morgan fingerprint density at radius 3 is 2.14 bits per heavy atom. The first-order chi connectivity index (χ1) is 14.1. The normalized spacial score (nSPS) is 11.7. The molecule has 1 aromatic heterocycles. The zero-order valence-electron chi connectivity index (χ0n) is 15.3. The number of carbonyl (C=O) groups is 2. The minimum atomic E-state index is -1.18. The van der Waals surface area contributed by atoms with Crippen molar-refractivity contribution < 1.29 is 18.7 Å². The van der Waals surface area contributed by atoms with E-state index in [0.717, 1.165) is 0 Å². The number of para-hydroxylation sites is 1. The van der Waals surface area contributed by atoms with Crippen molar-refractivity contribution in [2.24, 2.45) is 0 Å². The Morgan fingerprint density at radius 2 is 1.41 bits per heavy atom. The predicted octanol–water partition coefficient (Wildman–Crippen LogP) is 4.57. The van der Waals surface area contributed by atoms with Gasteiger partial charge in [-0.2, -0.15) is 0 Å². The van der Waals surface area contributed by atoms with E-state index in [2.05, 4.69) is 0 Å². The maximum atomic E-state index is 13.0.